The van der Waals surface area contributed by atoms with Crippen molar-refractivity contribution in [2.24, 2.45) is 0 Å². The summed E-state index contributed by atoms with van der Waals surface area (Å²) >= 11 is 0. The van der Waals surface area contributed by atoms with Gasteiger partial charge in [0.05, 0.1) is 19.8 Å². The van der Waals surface area contributed by atoms with Crippen molar-refractivity contribution in [1.82, 2.24) is 4.90 Å². The molecule has 2 aromatic rings. The number of nitrogens with zero attached hydrogens (tertiary/aromatic N) is 1. The SMILES string of the molecule is CCOCCCN1C(=O)C(Nc2cc(OC)cc(OC)c2)=C(c2ccc(C)cc2C)C1=O. The van der Waals surface area contributed by atoms with Gasteiger partial charge in [-0.05, 0) is 38.3 Å². The number of hydrogen-bond acceptors (Lipinski definition) is 6. The standard InChI is InChI=1S/C25H30N2O5/c1-6-32-11-7-10-27-24(28)22(21-9-8-16(2)12-17(21)3)23(25(27)29)26-18-13-19(30-4)15-20(14-18)31-5/h8-9,12-15,26H,6-7,10-11H2,1-5H3. The number of rotatable bonds is 10. The fourth-order valence-corrected chi connectivity index (χ4v) is 3.73. The Morgan fingerprint density at radius 1 is 0.938 bits per heavy atom. The maximum atomic E-state index is 13.4. The lowest BCUT2D eigenvalue weighted by Crippen LogP contribution is -2.34. The summed E-state index contributed by atoms with van der Waals surface area (Å²) in [7, 11) is 3.12. The van der Waals surface area contributed by atoms with Gasteiger partial charge in [-0.25, -0.2) is 0 Å². The number of imide groups is 1. The normalized spacial score (nSPS) is 13.7. The van der Waals surface area contributed by atoms with Gasteiger partial charge in [0.25, 0.3) is 11.8 Å². The molecule has 0 aromatic heterocycles. The van der Waals surface area contributed by atoms with Crippen LogP contribution in [0, 0.1) is 13.8 Å². The van der Waals surface area contributed by atoms with Crippen LogP contribution < -0.4 is 14.8 Å². The van der Waals surface area contributed by atoms with E-state index in [9.17, 15) is 9.59 Å². The second-order valence-electron chi connectivity index (χ2n) is 7.61. The van der Waals surface area contributed by atoms with Crippen LogP contribution in [-0.2, 0) is 14.3 Å². The van der Waals surface area contributed by atoms with Crippen LogP contribution in [0.5, 0.6) is 11.5 Å². The van der Waals surface area contributed by atoms with Gasteiger partial charge in [-0.15, -0.1) is 0 Å². The molecule has 0 radical (unpaired) electrons. The Kier molecular flexibility index (Phi) is 7.53. The first-order valence-corrected chi connectivity index (χ1v) is 10.7. The van der Waals surface area contributed by atoms with Gasteiger partial charge in [-0.1, -0.05) is 23.8 Å². The Hall–Kier alpha value is -3.32. The third-order valence-corrected chi connectivity index (χ3v) is 5.31. The van der Waals surface area contributed by atoms with Crippen LogP contribution in [0.1, 0.15) is 30.0 Å². The number of aryl methyl sites for hydroxylation is 2. The second kappa shape index (κ2) is 10.3. The first kappa shape index (κ1) is 23.3. The third-order valence-electron chi connectivity index (χ3n) is 5.31. The molecule has 1 heterocycles. The summed E-state index contributed by atoms with van der Waals surface area (Å²) in [6.45, 7) is 7.22. The van der Waals surface area contributed by atoms with Gasteiger partial charge < -0.3 is 19.5 Å². The van der Waals surface area contributed by atoms with Gasteiger partial charge in [-0.3, -0.25) is 14.5 Å². The Morgan fingerprint density at radius 3 is 2.22 bits per heavy atom. The molecule has 32 heavy (non-hydrogen) atoms. The highest BCUT2D eigenvalue weighted by Gasteiger charge is 2.39. The molecule has 0 unspecified atom stereocenters. The van der Waals surface area contributed by atoms with E-state index >= 15 is 0 Å². The minimum absolute atomic E-state index is 0.244. The van der Waals surface area contributed by atoms with Gasteiger partial charge in [0.2, 0.25) is 0 Å². The number of carbonyl (C=O) groups is 2. The molecule has 1 aliphatic rings. The van der Waals surface area contributed by atoms with Crippen LogP contribution in [0.3, 0.4) is 0 Å². The van der Waals surface area contributed by atoms with Crippen LogP contribution >= 0.6 is 0 Å². The molecule has 0 saturated heterocycles. The average molecular weight is 439 g/mol. The van der Waals surface area contributed by atoms with Crippen molar-refractivity contribution in [1.29, 1.82) is 0 Å². The molecule has 2 amide bonds. The van der Waals surface area contributed by atoms with Crippen LogP contribution in [0.15, 0.2) is 42.1 Å². The smallest absolute Gasteiger partial charge is 0.278 e. The highest BCUT2D eigenvalue weighted by atomic mass is 16.5. The molecule has 0 atom stereocenters. The van der Waals surface area contributed by atoms with Crippen LogP contribution in [0.2, 0.25) is 0 Å². The summed E-state index contributed by atoms with van der Waals surface area (Å²) in [5, 5.41) is 3.17. The van der Waals surface area contributed by atoms with Crippen molar-refractivity contribution in [3.63, 3.8) is 0 Å². The fourth-order valence-electron chi connectivity index (χ4n) is 3.73. The molecule has 1 N–H and O–H groups in total. The van der Waals surface area contributed by atoms with Crippen molar-refractivity contribution in [2.45, 2.75) is 27.2 Å². The monoisotopic (exact) mass is 438 g/mol. The molecule has 170 valence electrons. The maximum Gasteiger partial charge on any atom is 0.278 e. The summed E-state index contributed by atoms with van der Waals surface area (Å²) in [5.74, 6) is 0.482. The number of nitrogens with one attached hydrogen (secondary N) is 1. The molecule has 7 heteroatoms. The minimum Gasteiger partial charge on any atom is -0.497 e. The van der Waals surface area contributed by atoms with Crippen molar-refractivity contribution in [2.75, 3.05) is 39.3 Å². The van der Waals surface area contributed by atoms with Gasteiger partial charge >= 0.3 is 0 Å². The van der Waals surface area contributed by atoms with E-state index < -0.39 is 0 Å². The lowest BCUT2D eigenvalue weighted by Gasteiger charge is -2.15. The summed E-state index contributed by atoms with van der Waals surface area (Å²) < 4.78 is 16.1. The van der Waals surface area contributed by atoms with E-state index in [1.165, 1.54) is 4.90 Å². The lowest BCUT2D eigenvalue weighted by atomic mass is 9.97. The van der Waals surface area contributed by atoms with E-state index in [0.717, 1.165) is 16.7 Å². The zero-order chi connectivity index (χ0) is 23.3. The van der Waals surface area contributed by atoms with Gasteiger partial charge in [0, 0.05) is 43.6 Å². The molecule has 2 aromatic carbocycles. The highest BCUT2D eigenvalue weighted by Crippen LogP contribution is 2.34. The molecular weight excluding hydrogens is 408 g/mol. The number of ether oxygens (including phenoxy) is 3. The number of methoxy groups -OCH3 is 2. The largest absolute Gasteiger partial charge is 0.497 e. The Labute approximate surface area is 189 Å². The first-order valence-electron chi connectivity index (χ1n) is 10.7. The molecule has 0 spiro atoms. The zero-order valence-corrected chi connectivity index (χ0v) is 19.3. The summed E-state index contributed by atoms with van der Waals surface area (Å²) in [5.41, 5.74) is 3.96. The van der Waals surface area contributed by atoms with Gasteiger partial charge in [0.1, 0.15) is 17.2 Å². The molecular formula is C25H30N2O5. The quantitative estimate of drug-likeness (QED) is 0.447. The van der Waals surface area contributed by atoms with Crippen LogP contribution in [0.25, 0.3) is 5.57 Å². The second-order valence-corrected chi connectivity index (χ2v) is 7.61. The Bertz CT molecular complexity index is 1020. The zero-order valence-electron chi connectivity index (χ0n) is 19.3. The van der Waals surface area contributed by atoms with Crippen molar-refractivity contribution >= 4 is 23.1 Å². The molecule has 0 saturated carbocycles. The summed E-state index contributed by atoms with van der Waals surface area (Å²) in [6, 6.07) is 11.1. The lowest BCUT2D eigenvalue weighted by molar-refractivity contribution is -0.137. The van der Waals surface area contributed by atoms with Crippen molar-refractivity contribution in [3.8, 4) is 11.5 Å². The minimum atomic E-state index is -0.358. The third kappa shape index (κ3) is 4.94. The molecule has 0 fully saturated rings. The van der Waals surface area contributed by atoms with E-state index in [1.54, 1.807) is 32.4 Å². The summed E-state index contributed by atoms with van der Waals surface area (Å²) in [4.78, 5) is 28.0. The number of benzene rings is 2. The predicted octanol–water partition coefficient (Wildman–Crippen LogP) is 3.94. The predicted molar refractivity (Wildman–Crippen MR) is 124 cm³/mol. The molecule has 3 rings (SSSR count). The average Bonchev–Trinajstić information content (AvgIpc) is 3.00. The number of anilines is 1. The van der Waals surface area contributed by atoms with Crippen molar-refractivity contribution in [3.05, 3.63) is 58.8 Å². The van der Waals surface area contributed by atoms with Crippen LogP contribution in [-0.4, -0.2) is 50.7 Å². The molecule has 1 aliphatic heterocycles. The van der Waals surface area contributed by atoms with Crippen LogP contribution in [0.4, 0.5) is 5.69 Å². The van der Waals surface area contributed by atoms with E-state index in [2.05, 4.69) is 5.32 Å². The van der Waals surface area contributed by atoms with E-state index in [1.807, 2.05) is 39.0 Å². The van der Waals surface area contributed by atoms with Gasteiger partial charge in [0.15, 0.2) is 0 Å². The Morgan fingerprint density at radius 2 is 1.62 bits per heavy atom. The number of carbonyl (C=O) groups excluding carboxylic acids is 2. The molecule has 0 aliphatic carbocycles. The molecule has 7 nitrogen and oxygen atoms in total. The highest BCUT2D eigenvalue weighted by molar-refractivity contribution is 6.36. The Balaban J connectivity index is 2.03. The maximum absolute atomic E-state index is 13.4. The topological polar surface area (TPSA) is 77.1 Å². The molecule has 0 bridgehead atoms. The number of amides is 2. The van der Waals surface area contributed by atoms with Gasteiger partial charge in [-0.2, -0.15) is 0 Å². The van der Waals surface area contributed by atoms with E-state index in [-0.39, 0.29) is 17.5 Å². The van der Waals surface area contributed by atoms with Crippen molar-refractivity contribution < 1.29 is 23.8 Å². The number of hydrogen-bond donors (Lipinski definition) is 1. The van der Waals surface area contributed by atoms with E-state index in [0.29, 0.717) is 48.9 Å². The van der Waals surface area contributed by atoms with E-state index in [4.69, 9.17) is 14.2 Å². The fraction of sp³-hybridized carbons (Fsp3) is 0.360. The first-order chi connectivity index (χ1) is 15.4. The summed E-state index contributed by atoms with van der Waals surface area (Å²) in [6.07, 6.45) is 0.575.